The summed E-state index contributed by atoms with van der Waals surface area (Å²) in [5.41, 5.74) is 1.43. The molecule has 1 heterocycles. The number of alkyl halides is 3. The molecule has 2 aromatic rings. The summed E-state index contributed by atoms with van der Waals surface area (Å²) in [5, 5.41) is 6.24. The molecule has 1 atom stereocenters. The monoisotopic (exact) mass is 413 g/mol. The molecule has 8 heteroatoms. The van der Waals surface area contributed by atoms with Gasteiger partial charge >= 0.3 is 6.18 Å². The number of benzene rings is 2. The minimum atomic E-state index is -4.49. The second-order valence-corrected chi connectivity index (χ2v) is 7.01. The van der Waals surface area contributed by atoms with Crippen LogP contribution in [-0.4, -0.2) is 31.1 Å². The van der Waals surface area contributed by atoms with Crippen LogP contribution in [0.1, 0.15) is 17.0 Å². The van der Waals surface area contributed by atoms with Crippen LogP contribution in [0.3, 0.4) is 0 Å². The molecule has 0 saturated heterocycles. The maximum absolute atomic E-state index is 13.5. The Kier molecular flexibility index (Phi) is 5.67. The molecule has 0 fully saturated rings. The maximum Gasteiger partial charge on any atom is 0.399 e. The lowest BCUT2D eigenvalue weighted by molar-refractivity contribution is -0.139. The van der Waals surface area contributed by atoms with Gasteiger partial charge in [0, 0.05) is 17.1 Å². The van der Waals surface area contributed by atoms with Gasteiger partial charge in [-0.25, -0.2) is 5.01 Å². The number of allylic oxidation sites excluding steroid dienone is 1. The number of halogens is 5. The fourth-order valence-electron chi connectivity index (χ4n) is 2.69. The van der Waals surface area contributed by atoms with Gasteiger partial charge in [0.2, 0.25) is 0 Å². The average Bonchev–Trinajstić information content (AvgIpc) is 3.04. The lowest BCUT2D eigenvalue weighted by Gasteiger charge is -2.19. The first kappa shape index (κ1) is 19.6. The van der Waals surface area contributed by atoms with Gasteiger partial charge in [-0.05, 0) is 41.5 Å². The molecular formula is C19H16Cl2F3N3. The highest BCUT2D eigenvalue weighted by Gasteiger charge is 2.40. The Labute approximate surface area is 165 Å². The van der Waals surface area contributed by atoms with Gasteiger partial charge in [0.05, 0.1) is 11.6 Å². The van der Waals surface area contributed by atoms with Gasteiger partial charge in [-0.2, -0.15) is 18.3 Å². The summed E-state index contributed by atoms with van der Waals surface area (Å²) in [6.07, 6.45) is -0.261. The largest absolute Gasteiger partial charge is 0.399 e. The smallest absolute Gasteiger partial charge is 0.345 e. The predicted octanol–water partition coefficient (Wildman–Crippen LogP) is 6.01. The molecule has 0 amide bonds. The standard InChI is InChI=1S/C19H16Cl2F3N3/c1-26-11-25-27(12-26)15-6-2-13(3-7-15)4-8-17(19(22,23)24)16-10-14(20)5-9-18(16)21/h2-11,17H,12H2,1H3/b8-4+. The van der Waals surface area contributed by atoms with Gasteiger partial charge in [-0.15, -0.1) is 0 Å². The zero-order valence-corrected chi connectivity index (χ0v) is 15.8. The number of rotatable bonds is 4. The molecule has 0 aromatic heterocycles. The van der Waals surface area contributed by atoms with E-state index >= 15 is 0 Å². The summed E-state index contributed by atoms with van der Waals surface area (Å²) in [4.78, 5) is 1.91. The zero-order chi connectivity index (χ0) is 19.6. The van der Waals surface area contributed by atoms with Crippen molar-refractivity contribution in [2.45, 2.75) is 12.1 Å². The van der Waals surface area contributed by atoms with E-state index in [1.165, 1.54) is 24.3 Å². The second-order valence-electron chi connectivity index (χ2n) is 6.16. The third-order valence-electron chi connectivity index (χ3n) is 4.06. The Morgan fingerprint density at radius 2 is 1.81 bits per heavy atom. The van der Waals surface area contributed by atoms with Crippen LogP contribution in [0.15, 0.2) is 53.6 Å². The summed E-state index contributed by atoms with van der Waals surface area (Å²) < 4.78 is 40.6. The van der Waals surface area contributed by atoms with Gasteiger partial charge in [0.25, 0.3) is 0 Å². The molecular weight excluding hydrogens is 398 g/mol. The summed E-state index contributed by atoms with van der Waals surface area (Å²) in [6, 6.07) is 11.2. The predicted molar refractivity (Wildman–Crippen MR) is 104 cm³/mol. The van der Waals surface area contributed by atoms with Crippen molar-refractivity contribution >= 4 is 41.3 Å². The Morgan fingerprint density at radius 3 is 2.41 bits per heavy atom. The fourth-order valence-corrected chi connectivity index (χ4v) is 3.11. The van der Waals surface area contributed by atoms with Gasteiger partial charge in [0.1, 0.15) is 13.0 Å². The summed E-state index contributed by atoms with van der Waals surface area (Å²) in [5.74, 6) is -1.85. The van der Waals surface area contributed by atoms with Crippen molar-refractivity contribution < 1.29 is 13.2 Å². The Hall–Kier alpha value is -2.18. The average molecular weight is 414 g/mol. The van der Waals surface area contributed by atoms with Crippen molar-refractivity contribution in [2.75, 3.05) is 18.7 Å². The van der Waals surface area contributed by atoms with E-state index in [4.69, 9.17) is 23.2 Å². The molecule has 0 bridgehead atoms. The van der Waals surface area contributed by atoms with Crippen LogP contribution in [0.25, 0.3) is 6.08 Å². The quantitative estimate of drug-likeness (QED) is 0.611. The molecule has 0 N–H and O–H groups in total. The molecule has 0 saturated carbocycles. The lowest BCUT2D eigenvalue weighted by Crippen LogP contribution is -2.22. The first-order chi connectivity index (χ1) is 12.7. The molecule has 142 valence electrons. The van der Waals surface area contributed by atoms with Crippen LogP contribution < -0.4 is 5.01 Å². The third-order valence-corrected chi connectivity index (χ3v) is 4.64. The zero-order valence-electron chi connectivity index (χ0n) is 14.3. The van der Waals surface area contributed by atoms with E-state index in [-0.39, 0.29) is 15.6 Å². The second kappa shape index (κ2) is 7.82. The van der Waals surface area contributed by atoms with Crippen LogP contribution in [-0.2, 0) is 0 Å². The van der Waals surface area contributed by atoms with E-state index in [2.05, 4.69) is 5.10 Å². The first-order valence-corrected chi connectivity index (χ1v) is 8.81. The maximum atomic E-state index is 13.5. The van der Waals surface area contributed by atoms with Crippen molar-refractivity contribution in [3.63, 3.8) is 0 Å². The molecule has 1 aliphatic rings. The van der Waals surface area contributed by atoms with E-state index in [0.29, 0.717) is 12.2 Å². The number of anilines is 1. The lowest BCUT2D eigenvalue weighted by atomic mass is 9.97. The fraction of sp³-hybridized carbons (Fsp3) is 0.211. The van der Waals surface area contributed by atoms with Crippen molar-refractivity contribution in [2.24, 2.45) is 5.10 Å². The van der Waals surface area contributed by atoms with Gasteiger partial charge < -0.3 is 4.90 Å². The van der Waals surface area contributed by atoms with Gasteiger partial charge in [-0.3, -0.25) is 0 Å². The topological polar surface area (TPSA) is 18.8 Å². The van der Waals surface area contributed by atoms with Gasteiger partial charge in [-0.1, -0.05) is 47.5 Å². The Bertz CT molecular complexity index is 863. The summed E-state index contributed by atoms with van der Waals surface area (Å²) >= 11 is 11.8. The molecule has 0 spiro atoms. The first-order valence-electron chi connectivity index (χ1n) is 8.06. The highest BCUT2D eigenvalue weighted by Crippen LogP contribution is 2.40. The number of hydrogen-bond donors (Lipinski definition) is 0. The van der Waals surface area contributed by atoms with Crippen LogP contribution >= 0.6 is 23.2 Å². The minimum absolute atomic E-state index is 0.0257. The third kappa shape index (κ3) is 4.76. The van der Waals surface area contributed by atoms with Crippen molar-refractivity contribution in [3.05, 3.63) is 69.7 Å². The molecule has 27 heavy (non-hydrogen) atoms. The molecule has 1 aliphatic heterocycles. The van der Waals surface area contributed by atoms with E-state index in [1.54, 1.807) is 23.5 Å². The molecule has 2 aromatic carbocycles. The number of hydrogen-bond acceptors (Lipinski definition) is 3. The van der Waals surface area contributed by atoms with Crippen molar-refractivity contribution in [3.8, 4) is 0 Å². The highest BCUT2D eigenvalue weighted by molar-refractivity contribution is 6.33. The van der Waals surface area contributed by atoms with E-state index in [0.717, 1.165) is 11.8 Å². The van der Waals surface area contributed by atoms with Crippen LogP contribution in [0.4, 0.5) is 18.9 Å². The van der Waals surface area contributed by atoms with Gasteiger partial charge in [0.15, 0.2) is 0 Å². The number of nitrogens with zero attached hydrogens (tertiary/aromatic N) is 3. The van der Waals surface area contributed by atoms with E-state index in [1.807, 2.05) is 24.1 Å². The number of hydrazone groups is 1. The van der Waals surface area contributed by atoms with Crippen LogP contribution in [0, 0.1) is 0 Å². The Balaban J connectivity index is 1.83. The Morgan fingerprint density at radius 1 is 1.11 bits per heavy atom. The molecule has 0 radical (unpaired) electrons. The summed E-state index contributed by atoms with van der Waals surface area (Å²) in [7, 11) is 1.90. The molecule has 3 nitrogen and oxygen atoms in total. The van der Waals surface area contributed by atoms with Crippen molar-refractivity contribution in [1.29, 1.82) is 0 Å². The molecule has 1 unspecified atom stereocenters. The minimum Gasteiger partial charge on any atom is -0.345 e. The van der Waals surface area contributed by atoms with E-state index in [9.17, 15) is 13.2 Å². The normalized spacial score (nSPS) is 15.8. The highest BCUT2D eigenvalue weighted by atomic mass is 35.5. The molecule has 0 aliphatic carbocycles. The summed E-state index contributed by atoms with van der Waals surface area (Å²) in [6.45, 7) is 0.624. The van der Waals surface area contributed by atoms with Crippen LogP contribution in [0.2, 0.25) is 10.0 Å². The SMILES string of the molecule is CN1C=NN(c2ccc(/C=C/C(c3cc(Cl)ccc3Cl)C(F)(F)F)cc2)C1. The van der Waals surface area contributed by atoms with E-state index < -0.39 is 12.1 Å². The van der Waals surface area contributed by atoms with Crippen LogP contribution in [0.5, 0.6) is 0 Å². The van der Waals surface area contributed by atoms with Crippen molar-refractivity contribution in [1.82, 2.24) is 4.90 Å². The molecule has 3 rings (SSSR count).